The summed E-state index contributed by atoms with van der Waals surface area (Å²) in [4.78, 5) is 4.26. The minimum absolute atomic E-state index is 0.750. The lowest BCUT2D eigenvalue weighted by atomic mass is 10.3. The molecule has 1 heterocycles. The van der Waals surface area contributed by atoms with Gasteiger partial charge in [0.1, 0.15) is 5.82 Å². The Kier molecular flexibility index (Phi) is 7.97. The van der Waals surface area contributed by atoms with Gasteiger partial charge in [-0.2, -0.15) is 0 Å². The van der Waals surface area contributed by atoms with Gasteiger partial charge in [-0.1, -0.05) is 20.3 Å². The number of nitrogens with zero attached hydrogens (tertiary/aromatic N) is 1. The number of unbranched alkanes of at least 4 members (excludes halogenated alkanes) is 1. The molecule has 1 rings (SSSR count). The molecular formula is C14H25N3O. The third-order valence-electron chi connectivity index (χ3n) is 2.53. The van der Waals surface area contributed by atoms with Crippen molar-refractivity contribution in [1.82, 2.24) is 4.98 Å². The molecule has 0 amide bonds. The van der Waals surface area contributed by atoms with Crippen molar-refractivity contribution in [2.45, 2.75) is 33.1 Å². The standard InChI is InChI=1S/C14H25N3O/c1-3-5-10-18-11-9-15-13-6-8-17-14(12-13)16-7-4-2/h6,8,12H,3-5,7,9-11H2,1-2H3,(H2,15,16,17). The predicted molar refractivity (Wildman–Crippen MR) is 77.2 cm³/mol. The number of rotatable bonds is 10. The van der Waals surface area contributed by atoms with Gasteiger partial charge < -0.3 is 15.4 Å². The molecule has 0 saturated heterocycles. The van der Waals surface area contributed by atoms with E-state index in [0.717, 1.165) is 50.7 Å². The number of hydrogen-bond donors (Lipinski definition) is 2. The van der Waals surface area contributed by atoms with Crippen LogP contribution in [0.4, 0.5) is 11.5 Å². The zero-order valence-corrected chi connectivity index (χ0v) is 11.5. The average Bonchev–Trinajstić information content (AvgIpc) is 2.41. The fourth-order valence-electron chi connectivity index (χ4n) is 1.51. The lowest BCUT2D eigenvalue weighted by molar-refractivity contribution is 0.141. The highest BCUT2D eigenvalue weighted by Gasteiger charge is 1.96. The van der Waals surface area contributed by atoms with Crippen LogP contribution in [0.1, 0.15) is 33.1 Å². The van der Waals surface area contributed by atoms with Gasteiger partial charge in [-0.3, -0.25) is 0 Å². The van der Waals surface area contributed by atoms with Crippen molar-refractivity contribution in [2.24, 2.45) is 0 Å². The molecule has 0 saturated carbocycles. The number of anilines is 2. The van der Waals surface area contributed by atoms with Crippen molar-refractivity contribution in [1.29, 1.82) is 0 Å². The molecular weight excluding hydrogens is 226 g/mol. The van der Waals surface area contributed by atoms with E-state index in [-0.39, 0.29) is 0 Å². The van der Waals surface area contributed by atoms with Gasteiger partial charge in [-0.05, 0) is 18.9 Å². The molecule has 0 aromatic carbocycles. The van der Waals surface area contributed by atoms with Crippen molar-refractivity contribution >= 4 is 11.5 Å². The molecule has 18 heavy (non-hydrogen) atoms. The Morgan fingerprint density at radius 3 is 2.78 bits per heavy atom. The van der Waals surface area contributed by atoms with Crippen molar-refractivity contribution in [2.75, 3.05) is 36.9 Å². The molecule has 1 aromatic rings. The van der Waals surface area contributed by atoms with E-state index >= 15 is 0 Å². The summed E-state index contributed by atoms with van der Waals surface area (Å²) in [5.74, 6) is 0.925. The lowest BCUT2D eigenvalue weighted by Gasteiger charge is -2.09. The quantitative estimate of drug-likeness (QED) is 0.627. The van der Waals surface area contributed by atoms with E-state index in [0.29, 0.717) is 0 Å². The van der Waals surface area contributed by atoms with E-state index in [2.05, 4.69) is 29.5 Å². The molecule has 2 N–H and O–H groups in total. The largest absolute Gasteiger partial charge is 0.383 e. The smallest absolute Gasteiger partial charge is 0.127 e. The van der Waals surface area contributed by atoms with Gasteiger partial charge in [-0.25, -0.2) is 4.98 Å². The van der Waals surface area contributed by atoms with Crippen LogP contribution in [0.3, 0.4) is 0 Å². The van der Waals surface area contributed by atoms with Crippen molar-refractivity contribution < 1.29 is 4.74 Å². The second kappa shape index (κ2) is 9.71. The van der Waals surface area contributed by atoms with Gasteiger partial charge >= 0.3 is 0 Å². The molecule has 0 aliphatic heterocycles. The normalized spacial score (nSPS) is 10.3. The van der Waals surface area contributed by atoms with E-state index in [1.165, 1.54) is 6.42 Å². The molecule has 1 aromatic heterocycles. The summed E-state index contributed by atoms with van der Waals surface area (Å²) in [7, 11) is 0. The first-order chi connectivity index (χ1) is 8.86. The highest BCUT2D eigenvalue weighted by atomic mass is 16.5. The molecule has 4 heteroatoms. The lowest BCUT2D eigenvalue weighted by Crippen LogP contribution is -2.10. The van der Waals surface area contributed by atoms with Gasteiger partial charge in [0.15, 0.2) is 0 Å². The molecule has 102 valence electrons. The van der Waals surface area contributed by atoms with Gasteiger partial charge in [0.05, 0.1) is 6.61 Å². The third-order valence-corrected chi connectivity index (χ3v) is 2.53. The topological polar surface area (TPSA) is 46.2 Å². The number of pyridine rings is 1. The summed E-state index contributed by atoms with van der Waals surface area (Å²) in [5, 5.41) is 6.60. The fraction of sp³-hybridized carbons (Fsp3) is 0.643. The van der Waals surface area contributed by atoms with Gasteiger partial charge in [-0.15, -0.1) is 0 Å². The van der Waals surface area contributed by atoms with Crippen molar-refractivity contribution in [3.63, 3.8) is 0 Å². The number of nitrogens with one attached hydrogen (secondary N) is 2. The first kappa shape index (κ1) is 14.8. The minimum Gasteiger partial charge on any atom is -0.383 e. The monoisotopic (exact) mass is 251 g/mol. The molecule has 0 aliphatic carbocycles. The van der Waals surface area contributed by atoms with Gasteiger partial charge in [0, 0.05) is 37.6 Å². The van der Waals surface area contributed by atoms with Crippen molar-refractivity contribution in [3.05, 3.63) is 18.3 Å². The van der Waals surface area contributed by atoms with Gasteiger partial charge in [0.2, 0.25) is 0 Å². The Labute approximate surface area is 110 Å². The van der Waals surface area contributed by atoms with Crippen LogP contribution >= 0.6 is 0 Å². The van der Waals surface area contributed by atoms with E-state index in [9.17, 15) is 0 Å². The van der Waals surface area contributed by atoms with E-state index in [4.69, 9.17) is 4.74 Å². The van der Waals surface area contributed by atoms with Crippen LogP contribution in [0, 0.1) is 0 Å². The molecule has 0 aliphatic rings. The van der Waals surface area contributed by atoms with Crippen molar-refractivity contribution in [3.8, 4) is 0 Å². The van der Waals surface area contributed by atoms with Crippen LogP contribution in [0.5, 0.6) is 0 Å². The number of ether oxygens (including phenoxy) is 1. The van der Waals surface area contributed by atoms with Crippen LogP contribution < -0.4 is 10.6 Å². The van der Waals surface area contributed by atoms with E-state index in [1.54, 1.807) is 0 Å². The molecule has 0 fully saturated rings. The SMILES string of the molecule is CCCCOCCNc1ccnc(NCCC)c1. The fourth-order valence-corrected chi connectivity index (χ4v) is 1.51. The predicted octanol–water partition coefficient (Wildman–Crippen LogP) is 3.13. The summed E-state index contributed by atoms with van der Waals surface area (Å²) in [6.45, 7) is 7.71. The molecule has 0 spiro atoms. The second-order valence-corrected chi connectivity index (χ2v) is 4.25. The summed E-state index contributed by atoms with van der Waals surface area (Å²) < 4.78 is 5.50. The summed E-state index contributed by atoms with van der Waals surface area (Å²) in [6.07, 6.45) is 5.24. The average molecular weight is 251 g/mol. The Bertz CT molecular complexity index is 318. The Morgan fingerprint density at radius 2 is 2.00 bits per heavy atom. The maximum atomic E-state index is 5.50. The molecule has 4 nitrogen and oxygen atoms in total. The van der Waals surface area contributed by atoms with Crippen LogP contribution in [0.2, 0.25) is 0 Å². The molecule has 0 bridgehead atoms. The highest BCUT2D eigenvalue weighted by molar-refractivity contribution is 5.51. The summed E-state index contributed by atoms with van der Waals surface area (Å²) in [5.41, 5.74) is 1.09. The highest BCUT2D eigenvalue weighted by Crippen LogP contribution is 2.11. The first-order valence-corrected chi connectivity index (χ1v) is 6.88. The Hall–Kier alpha value is -1.29. The summed E-state index contributed by atoms with van der Waals surface area (Å²) >= 11 is 0. The zero-order chi connectivity index (χ0) is 13.1. The van der Waals surface area contributed by atoms with Gasteiger partial charge in [0.25, 0.3) is 0 Å². The van der Waals surface area contributed by atoms with Crippen LogP contribution in [0.15, 0.2) is 18.3 Å². The van der Waals surface area contributed by atoms with Crippen LogP contribution in [0.25, 0.3) is 0 Å². The number of aromatic nitrogens is 1. The van der Waals surface area contributed by atoms with E-state index in [1.807, 2.05) is 18.3 Å². The molecule has 0 atom stereocenters. The maximum absolute atomic E-state index is 5.50. The zero-order valence-electron chi connectivity index (χ0n) is 11.5. The first-order valence-electron chi connectivity index (χ1n) is 6.88. The van der Waals surface area contributed by atoms with Crippen LogP contribution in [-0.4, -0.2) is 31.3 Å². The molecule has 0 unspecified atom stereocenters. The Morgan fingerprint density at radius 1 is 1.11 bits per heavy atom. The summed E-state index contributed by atoms with van der Waals surface area (Å²) in [6, 6.07) is 4.00. The van der Waals surface area contributed by atoms with Crippen LogP contribution in [-0.2, 0) is 4.74 Å². The molecule has 0 radical (unpaired) electrons. The second-order valence-electron chi connectivity index (χ2n) is 4.25. The van der Waals surface area contributed by atoms with E-state index < -0.39 is 0 Å². The number of hydrogen-bond acceptors (Lipinski definition) is 4. The maximum Gasteiger partial charge on any atom is 0.127 e. The minimum atomic E-state index is 0.750. The Balaban J connectivity index is 2.20. The third kappa shape index (κ3) is 6.45.